The van der Waals surface area contributed by atoms with Crippen molar-refractivity contribution in [2.24, 2.45) is 0 Å². The normalized spacial score (nSPS) is 25.7. The Kier molecular flexibility index (Phi) is 3.55. The molecule has 1 aromatic rings. The third-order valence-electron chi connectivity index (χ3n) is 4.65. The van der Waals surface area contributed by atoms with Crippen LogP contribution < -0.4 is 4.74 Å². The summed E-state index contributed by atoms with van der Waals surface area (Å²) < 4.78 is 5.22. The van der Waals surface area contributed by atoms with E-state index < -0.39 is 0 Å². The van der Waals surface area contributed by atoms with Gasteiger partial charge in [0, 0.05) is 12.6 Å². The van der Waals surface area contributed by atoms with E-state index in [1.54, 1.807) is 7.11 Å². The van der Waals surface area contributed by atoms with E-state index in [0.29, 0.717) is 0 Å². The smallest absolute Gasteiger partial charge is 0.118 e. The van der Waals surface area contributed by atoms with Crippen LogP contribution in [-0.2, 0) is 0 Å². The fourth-order valence-corrected chi connectivity index (χ4v) is 3.54. The second kappa shape index (κ2) is 5.31. The summed E-state index contributed by atoms with van der Waals surface area (Å²) in [6, 6.07) is 9.54. The molecule has 2 nitrogen and oxygen atoms in total. The van der Waals surface area contributed by atoms with Gasteiger partial charge < -0.3 is 4.74 Å². The van der Waals surface area contributed by atoms with Gasteiger partial charge in [0.15, 0.2) is 0 Å². The Morgan fingerprint density at radius 2 is 1.78 bits per heavy atom. The Labute approximate surface area is 110 Å². The number of hydrogen-bond donors (Lipinski definition) is 0. The van der Waals surface area contributed by atoms with Crippen LogP contribution in [0.2, 0.25) is 0 Å². The molecular weight excluding hydrogens is 222 g/mol. The van der Waals surface area contributed by atoms with Crippen molar-refractivity contribution in [3.63, 3.8) is 0 Å². The molecule has 0 bridgehead atoms. The molecule has 0 N–H and O–H groups in total. The van der Waals surface area contributed by atoms with Crippen LogP contribution in [0.15, 0.2) is 24.3 Å². The van der Waals surface area contributed by atoms with Gasteiger partial charge in [0.2, 0.25) is 0 Å². The highest BCUT2D eigenvalue weighted by Gasteiger charge is 2.30. The van der Waals surface area contributed by atoms with Crippen molar-refractivity contribution in [2.45, 2.75) is 44.1 Å². The van der Waals surface area contributed by atoms with Crippen LogP contribution >= 0.6 is 0 Å². The zero-order chi connectivity index (χ0) is 12.4. The first-order valence-corrected chi connectivity index (χ1v) is 7.25. The molecule has 1 aliphatic heterocycles. The van der Waals surface area contributed by atoms with E-state index >= 15 is 0 Å². The first-order valence-electron chi connectivity index (χ1n) is 7.25. The van der Waals surface area contributed by atoms with Gasteiger partial charge in [-0.3, -0.25) is 4.90 Å². The molecular formula is C16H23NO. The lowest BCUT2D eigenvalue weighted by Crippen LogP contribution is -2.30. The van der Waals surface area contributed by atoms with Crippen molar-refractivity contribution in [3.8, 4) is 5.75 Å². The lowest BCUT2D eigenvalue weighted by Gasteiger charge is -2.23. The average Bonchev–Trinajstić information content (AvgIpc) is 3.09. The maximum atomic E-state index is 5.22. The average molecular weight is 245 g/mol. The van der Waals surface area contributed by atoms with E-state index in [0.717, 1.165) is 17.7 Å². The zero-order valence-electron chi connectivity index (χ0n) is 11.3. The summed E-state index contributed by atoms with van der Waals surface area (Å²) in [5.74, 6) is 1.70. The summed E-state index contributed by atoms with van der Waals surface area (Å²) in [6.07, 6.45) is 7.05. The first-order chi connectivity index (χ1) is 8.86. The van der Waals surface area contributed by atoms with E-state index in [-0.39, 0.29) is 0 Å². The fourth-order valence-electron chi connectivity index (χ4n) is 3.54. The Morgan fingerprint density at radius 3 is 2.44 bits per heavy atom. The summed E-state index contributed by atoms with van der Waals surface area (Å²) in [7, 11) is 1.73. The molecule has 0 unspecified atom stereocenters. The lowest BCUT2D eigenvalue weighted by molar-refractivity contribution is 0.243. The minimum atomic E-state index is 0.733. The van der Waals surface area contributed by atoms with Crippen LogP contribution in [0, 0.1) is 0 Å². The van der Waals surface area contributed by atoms with Gasteiger partial charge in [-0.05, 0) is 49.4 Å². The number of hydrogen-bond acceptors (Lipinski definition) is 2. The Hall–Kier alpha value is -1.02. The molecule has 1 aliphatic carbocycles. The molecule has 0 amide bonds. The number of methoxy groups -OCH3 is 1. The Bertz CT molecular complexity index is 381. The summed E-state index contributed by atoms with van der Waals surface area (Å²) >= 11 is 0. The number of benzene rings is 1. The minimum absolute atomic E-state index is 0.733. The molecule has 3 rings (SSSR count). The maximum absolute atomic E-state index is 5.22. The van der Waals surface area contributed by atoms with Crippen LogP contribution in [0.3, 0.4) is 0 Å². The predicted octanol–water partition coefficient (Wildman–Crippen LogP) is 3.43. The third kappa shape index (κ3) is 2.39. The Morgan fingerprint density at radius 1 is 1.06 bits per heavy atom. The number of nitrogens with zero attached hydrogens (tertiary/aromatic N) is 1. The number of rotatable bonds is 3. The van der Waals surface area contributed by atoms with Gasteiger partial charge in [-0.1, -0.05) is 25.0 Å². The topological polar surface area (TPSA) is 12.5 Å². The zero-order valence-corrected chi connectivity index (χ0v) is 11.3. The molecule has 1 saturated carbocycles. The summed E-state index contributed by atoms with van der Waals surface area (Å²) in [5.41, 5.74) is 1.48. The van der Waals surface area contributed by atoms with Crippen molar-refractivity contribution in [1.82, 2.24) is 4.90 Å². The van der Waals surface area contributed by atoms with E-state index in [2.05, 4.69) is 29.2 Å². The molecule has 0 spiro atoms. The highest BCUT2D eigenvalue weighted by molar-refractivity contribution is 5.30. The van der Waals surface area contributed by atoms with Gasteiger partial charge in [0.25, 0.3) is 0 Å². The molecule has 18 heavy (non-hydrogen) atoms. The van der Waals surface area contributed by atoms with Crippen LogP contribution in [0.1, 0.15) is 43.6 Å². The van der Waals surface area contributed by atoms with Crippen molar-refractivity contribution in [2.75, 3.05) is 20.2 Å². The lowest BCUT2D eigenvalue weighted by atomic mass is 9.98. The molecule has 1 atom stereocenters. The van der Waals surface area contributed by atoms with Gasteiger partial charge in [0.05, 0.1) is 7.11 Å². The van der Waals surface area contributed by atoms with Crippen molar-refractivity contribution in [3.05, 3.63) is 29.8 Å². The SMILES string of the molecule is COc1ccc([C@H]2CCN(C3CCCC3)C2)cc1. The molecule has 0 aromatic heterocycles. The van der Waals surface area contributed by atoms with Gasteiger partial charge in [-0.25, -0.2) is 0 Å². The van der Waals surface area contributed by atoms with Gasteiger partial charge in [0.1, 0.15) is 5.75 Å². The predicted molar refractivity (Wildman–Crippen MR) is 74.2 cm³/mol. The standard InChI is InChI=1S/C16H23NO/c1-18-16-8-6-13(7-9-16)14-10-11-17(12-14)15-4-2-3-5-15/h6-9,14-15H,2-5,10-12H2,1H3/t14-/m0/s1. The van der Waals surface area contributed by atoms with Crippen LogP contribution in [-0.4, -0.2) is 31.1 Å². The highest BCUT2D eigenvalue weighted by atomic mass is 16.5. The van der Waals surface area contributed by atoms with Gasteiger partial charge >= 0.3 is 0 Å². The molecule has 2 aliphatic rings. The molecule has 1 saturated heterocycles. The largest absolute Gasteiger partial charge is 0.497 e. The van der Waals surface area contributed by atoms with Gasteiger partial charge in [-0.15, -0.1) is 0 Å². The second-order valence-corrected chi connectivity index (χ2v) is 5.69. The van der Waals surface area contributed by atoms with E-state index in [9.17, 15) is 0 Å². The second-order valence-electron chi connectivity index (χ2n) is 5.69. The van der Waals surface area contributed by atoms with E-state index in [1.807, 2.05) is 0 Å². The molecule has 1 heterocycles. The highest BCUT2D eigenvalue weighted by Crippen LogP contribution is 2.33. The maximum Gasteiger partial charge on any atom is 0.118 e. The monoisotopic (exact) mass is 245 g/mol. The van der Waals surface area contributed by atoms with E-state index in [1.165, 1.54) is 50.8 Å². The quantitative estimate of drug-likeness (QED) is 0.809. The van der Waals surface area contributed by atoms with Crippen LogP contribution in [0.5, 0.6) is 5.75 Å². The number of likely N-dealkylation sites (tertiary alicyclic amines) is 1. The van der Waals surface area contributed by atoms with Crippen LogP contribution in [0.4, 0.5) is 0 Å². The van der Waals surface area contributed by atoms with Crippen molar-refractivity contribution >= 4 is 0 Å². The minimum Gasteiger partial charge on any atom is -0.497 e. The van der Waals surface area contributed by atoms with Crippen molar-refractivity contribution < 1.29 is 4.74 Å². The van der Waals surface area contributed by atoms with E-state index in [4.69, 9.17) is 4.74 Å². The molecule has 0 radical (unpaired) electrons. The molecule has 2 fully saturated rings. The van der Waals surface area contributed by atoms with Gasteiger partial charge in [-0.2, -0.15) is 0 Å². The summed E-state index contributed by atoms with van der Waals surface area (Å²) in [4.78, 5) is 2.72. The van der Waals surface area contributed by atoms with Crippen LogP contribution in [0.25, 0.3) is 0 Å². The molecule has 98 valence electrons. The number of ether oxygens (including phenoxy) is 1. The Balaban J connectivity index is 1.63. The summed E-state index contributed by atoms with van der Waals surface area (Å²) in [5, 5.41) is 0. The first kappa shape index (κ1) is 12.0. The molecule has 1 aromatic carbocycles. The third-order valence-corrected chi connectivity index (χ3v) is 4.65. The molecule has 2 heteroatoms. The van der Waals surface area contributed by atoms with Crippen molar-refractivity contribution in [1.29, 1.82) is 0 Å². The fraction of sp³-hybridized carbons (Fsp3) is 0.625. The summed E-state index contributed by atoms with van der Waals surface area (Å²) in [6.45, 7) is 2.55.